The zero-order valence-electron chi connectivity index (χ0n) is 20.7. The van der Waals surface area contributed by atoms with Gasteiger partial charge in [0.2, 0.25) is 0 Å². The van der Waals surface area contributed by atoms with Crippen LogP contribution in [0.3, 0.4) is 0 Å². The summed E-state index contributed by atoms with van der Waals surface area (Å²) < 4.78 is 1.66. The summed E-state index contributed by atoms with van der Waals surface area (Å²) in [6.07, 6.45) is 15.8. The van der Waals surface area contributed by atoms with E-state index < -0.39 is 5.60 Å². The van der Waals surface area contributed by atoms with E-state index in [4.69, 9.17) is 5.26 Å². The maximum absolute atomic E-state index is 13.5. The lowest BCUT2D eigenvalue weighted by atomic mass is 9.42. The summed E-state index contributed by atoms with van der Waals surface area (Å²) >= 11 is 0. The maximum atomic E-state index is 13.5. The van der Waals surface area contributed by atoms with E-state index in [0.717, 1.165) is 56.3 Å². The molecule has 1 heterocycles. The topological polar surface area (TPSA) is 78.9 Å². The van der Waals surface area contributed by atoms with Gasteiger partial charge >= 0.3 is 0 Å². The lowest BCUT2D eigenvalue weighted by Crippen LogP contribution is -2.56. The van der Waals surface area contributed by atoms with Gasteiger partial charge in [0, 0.05) is 12.1 Å². The molecule has 0 unspecified atom stereocenters. The molecular formula is C28H41N3O2. The summed E-state index contributed by atoms with van der Waals surface area (Å²) in [5, 5.41) is 24.1. The standard InChI is InChI=1S/C28H41N3O2/c1-26(33)11-9-20-7-8-21-22-5-4-6-24(25(32)18-31-17-19(15-29)16-30-31)28(22,3)12-10-23(21)27(20,2)14-13-26/h16-17,20-24,33H,4-14,18H2,1-3H3/t20-,21-,22-,23-,24-,26-,27-,28-/m0/s1. The molecule has 0 aromatic carbocycles. The predicted molar refractivity (Wildman–Crippen MR) is 127 cm³/mol. The molecule has 5 rings (SSSR count). The number of Topliss-reactive ketones (excluding diaryl/α,β-unsaturated/α-hetero) is 1. The number of nitrogens with zero attached hydrogens (tertiary/aromatic N) is 3. The highest BCUT2D eigenvalue weighted by Crippen LogP contribution is 2.66. The van der Waals surface area contributed by atoms with E-state index in [1.807, 2.05) is 6.92 Å². The fraction of sp³-hybridized carbons (Fsp3) is 0.821. The summed E-state index contributed by atoms with van der Waals surface area (Å²) in [6, 6.07) is 2.11. The Balaban J connectivity index is 1.37. The van der Waals surface area contributed by atoms with Gasteiger partial charge in [0.05, 0.1) is 23.9 Å². The van der Waals surface area contributed by atoms with Crippen molar-refractivity contribution in [3.8, 4) is 6.07 Å². The molecule has 180 valence electrons. The third-order valence-electron chi connectivity index (χ3n) is 11.0. The maximum Gasteiger partial charge on any atom is 0.157 e. The highest BCUT2D eigenvalue weighted by atomic mass is 16.3. The van der Waals surface area contributed by atoms with Crippen molar-refractivity contribution in [2.75, 3.05) is 0 Å². The molecule has 0 aliphatic heterocycles. The summed E-state index contributed by atoms with van der Waals surface area (Å²) in [5.74, 6) is 3.24. The van der Waals surface area contributed by atoms with Crippen LogP contribution < -0.4 is 0 Å². The van der Waals surface area contributed by atoms with Crippen LogP contribution in [0.1, 0.15) is 97.0 Å². The van der Waals surface area contributed by atoms with E-state index in [9.17, 15) is 9.90 Å². The average Bonchev–Trinajstić information content (AvgIpc) is 3.19. The fourth-order valence-electron chi connectivity index (χ4n) is 9.05. The van der Waals surface area contributed by atoms with Crippen molar-refractivity contribution >= 4 is 5.78 Å². The molecule has 4 fully saturated rings. The van der Waals surface area contributed by atoms with Gasteiger partial charge in [-0.25, -0.2) is 0 Å². The molecule has 1 N–H and O–H groups in total. The third kappa shape index (κ3) is 3.87. The number of carbonyl (C=O) groups excluding carboxylic acids is 1. The molecule has 0 spiro atoms. The Morgan fingerprint density at radius 2 is 1.85 bits per heavy atom. The van der Waals surface area contributed by atoms with Crippen molar-refractivity contribution in [2.24, 2.45) is 40.4 Å². The van der Waals surface area contributed by atoms with Crippen molar-refractivity contribution in [3.05, 3.63) is 18.0 Å². The van der Waals surface area contributed by atoms with Gasteiger partial charge in [-0.2, -0.15) is 10.4 Å². The zero-order valence-corrected chi connectivity index (χ0v) is 20.7. The highest BCUT2D eigenvalue weighted by molar-refractivity contribution is 5.81. The van der Waals surface area contributed by atoms with Crippen LogP contribution in [0.4, 0.5) is 0 Å². The van der Waals surface area contributed by atoms with Crippen LogP contribution in [0, 0.1) is 51.8 Å². The number of nitriles is 1. The third-order valence-corrected chi connectivity index (χ3v) is 11.0. The minimum Gasteiger partial charge on any atom is -0.390 e. The van der Waals surface area contributed by atoms with Gasteiger partial charge in [0.15, 0.2) is 5.78 Å². The quantitative estimate of drug-likeness (QED) is 0.657. The van der Waals surface area contributed by atoms with Crippen LogP contribution in [0.5, 0.6) is 0 Å². The van der Waals surface area contributed by atoms with Gasteiger partial charge in [-0.3, -0.25) is 9.48 Å². The largest absolute Gasteiger partial charge is 0.390 e. The molecule has 5 nitrogen and oxygen atoms in total. The Kier molecular flexibility index (Phi) is 5.75. The van der Waals surface area contributed by atoms with Crippen LogP contribution in [-0.2, 0) is 11.3 Å². The van der Waals surface area contributed by atoms with Crippen LogP contribution in [0.15, 0.2) is 12.4 Å². The van der Waals surface area contributed by atoms with Gasteiger partial charge in [0.1, 0.15) is 6.07 Å². The number of carbonyl (C=O) groups is 1. The Morgan fingerprint density at radius 1 is 1.06 bits per heavy atom. The van der Waals surface area contributed by atoms with Crippen molar-refractivity contribution in [1.82, 2.24) is 9.78 Å². The monoisotopic (exact) mass is 451 g/mol. The van der Waals surface area contributed by atoms with Gasteiger partial charge in [-0.1, -0.05) is 20.3 Å². The van der Waals surface area contributed by atoms with E-state index >= 15 is 0 Å². The molecular weight excluding hydrogens is 410 g/mol. The predicted octanol–water partition coefficient (Wildman–Crippen LogP) is 5.51. The van der Waals surface area contributed by atoms with E-state index in [-0.39, 0.29) is 17.9 Å². The average molecular weight is 452 g/mol. The molecule has 0 saturated heterocycles. The molecule has 5 heteroatoms. The molecule has 1 aromatic rings. The lowest BCUT2D eigenvalue weighted by Gasteiger charge is -2.62. The van der Waals surface area contributed by atoms with Gasteiger partial charge in [-0.15, -0.1) is 0 Å². The number of ketones is 1. The summed E-state index contributed by atoms with van der Waals surface area (Å²) in [7, 11) is 0. The van der Waals surface area contributed by atoms with E-state index in [2.05, 4.69) is 25.0 Å². The molecule has 4 aliphatic rings. The smallest absolute Gasteiger partial charge is 0.157 e. The summed E-state index contributed by atoms with van der Waals surface area (Å²) in [4.78, 5) is 13.5. The summed E-state index contributed by atoms with van der Waals surface area (Å²) in [5.41, 5.74) is 0.439. The van der Waals surface area contributed by atoms with Gasteiger partial charge in [0.25, 0.3) is 0 Å². The number of rotatable bonds is 3. The first kappa shape index (κ1) is 23.1. The second kappa shape index (κ2) is 8.22. The molecule has 0 bridgehead atoms. The molecule has 33 heavy (non-hydrogen) atoms. The van der Waals surface area contributed by atoms with Gasteiger partial charge in [-0.05, 0) is 106 Å². The summed E-state index contributed by atoms with van der Waals surface area (Å²) in [6.45, 7) is 7.30. The van der Waals surface area contributed by atoms with Crippen molar-refractivity contribution in [2.45, 2.75) is 104 Å². The first-order valence-electron chi connectivity index (χ1n) is 13.3. The Morgan fingerprint density at radius 3 is 2.61 bits per heavy atom. The number of aromatic nitrogens is 2. The number of fused-ring (bicyclic) bond motifs is 5. The first-order chi connectivity index (χ1) is 15.7. The fourth-order valence-corrected chi connectivity index (χ4v) is 9.05. The molecule has 4 aliphatic carbocycles. The normalized spacial score (nSPS) is 45.1. The SMILES string of the molecule is C[C@]1(O)CC[C@@H]2CC[C@@H]3[C@H](CC[C@]4(C)[C@H](C(=O)Cn5cc(C#N)cn5)CCC[C@@H]34)[C@@]2(C)CC1. The van der Waals surface area contributed by atoms with Crippen LogP contribution in [0.2, 0.25) is 0 Å². The van der Waals surface area contributed by atoms with Crippen LogP contribution in [-0.4, -0.2) is 26.3 Å². The Hall–Kier alpha value is -1.67. The van der Waals surface area contributed by atoms with Crippen LogP contribution >= 0.6 is 0 Å². The molecule has 0 radical (unpaired) electrons. The van der Waals surface area contributed by atoms with E-state index in [1.165, 1.54) is 32.1 Å². The van der Waals surface area contributed by atoms with Gasteiger partial charge < -0.3 is 5.11 Å². The Bertz CT molecular complexity index is 945. The lowest BCUT2D eigenvalue weighted by molar-refractivity contribution is -0.152. The van der Waals surface area contributed by atoms with Crippen molar-refractivity contribution < 1.29 is 9.90 Å². The molecule has 0 amide bonds. The minimum absolute atomic E-state index is 0.0845. The first-order valence-corrected chi connectivity index (χ1v) is 13.3. The van der Waals surface area contributed by atoms with Crippen molar-refractivity contribution in [3.63, 3.8) is 0 Å². The van der Waals surface area contributed by atoms with Crippen LogP contribution in [0.25, 0.3) is 0 Å². The highest BCUT2D eigenvalue weighted by Gasteiger charge is 2.59. The van der Waals surface area contributed by atoms with E-state index in [0.29, 0.717) is 22.7 Å². The van der Waals surface area contributed by atoms with E-state index in [1.54, 1.807) is 17.1 Å². The molecule has 1 aromatic heterocycles. The number of hydrogen-bond acceptors (Lipinski definition) is 4. The second-order valence-corrected chi connectivity index (χ2v) is 12.7. The number of hydrogen-bond donors (Lipinski definition) is 1. The molecule has 8 atom stereocenters. The molecule has 4 saturated carbocycles. The van der Waals surface area contributed by atoms with Crippen molar-refractivity contribution in [1.29, 1.82) is 5.26 Å². The zero-order chi connectivity index (χ0) is 23.4. The second-order valence-electron chi connectivity index (χ2n) is 12.7. The minimum atomic E-state index is -0.501. The Labute approximate surface area is 198 Å². The number of aliphatic hydroxyl groups is 1.